The monoisotopic (exact) mass is 158 g/mol. The normalized spacial score (nSPS) is 10.9. The molecule has 0 aromatic carbocycles. The molecule has 0 saturated heterocycles. The second kappa shape index (κ2) is 3.51. The summed E-state index contributed by atoms with van der Waals surface area (Å²) < 4.78 is 4.35. The van der Waals surface area contributed by atoms with E-state index >= 15 is 0 Å². The number of carbonyl (C=O) groups excluding carboxylic acids is 2. The molecule has 3 nitrogen and oxygen atoms in total. The molecule has 0 radical (unpaired) electrons. The molecule has 0 aromatic rings. The van der Waals surface area contributed by atoms with Crippen molar-refractivity contribution in [2.24, 2.45) is 5.41 Å². The van der Waals surface area contributed by atoms with Crippen LogP contribution in [0, 0.1) is 5.41 Å². The minimum atomic E-state index is -0.542. The molecule has 64 valence electrons. The SMILES string of the molecule is CC(=O)OC(=O)CC(C)(C)C. The lowest BCUT2D eigenvalue weighted by molar-refractivity contribution is -0.159. The number of carbonyl (C=O) groups is 2. The molecule has 0 aromatic heterocycles. The van der Waals surface area contributed by atoms with Crippen LogP contribution in [0.15, 0.2) is 0 Å². The second-order valence-corrected chi connectivity index (χ2v) is 3.70. The maximum atomic E-state index is 10.8. The summed E-state index contributed by atoms with van der Waals surface area (Å²) in [7, 11) is 0. The Morgan fingerprint density at radius 1 is 1.27 bits per heavy atom. The van der Waals surface area contributed by atoms with E-state index in [0.717, 1.165) is 0 Å². The predicted molar refractivity (Wildman–Crippen MR) is 40.8 cm³/mol. The maximum Gasteiger partial charge on any atom is 0.313 e. The van der Waals surface area contributed by atoms with Crippen molar-refractivity contribution in [3.05, 3.63) is 0 Å². The van der Waals surface area contributed by atoms with Crippen LogP contribution in [0.1, 0.15) is 34.1 Å². The lowest BCUT2D eigenvalue weighted by atomic mass is 9.93. The fourth-order valence-electron chi connectivity index (χ4n) is 0.629. The Morgan fingerprint density at radius 2 is 1.73 bits per heavy atom. The van der Waals surface area contributed by atoms with Gasteiger partial charge in [-0.25, -0.2) is 0 Å². The van der Waals surface area contributed by atoms with E-state index in [1.807, 2.05) is 20.8 Å². The highest BCUT2D eigenvalue weighted by atomic mass is 16.6. The van der Waals surface area contributed by atoms with Crippen molar-refractivity contribution in [3.63, 3.8) is 0 Å². The van der Waals surface area contributed by atoms with Crippen LogP contribution in [0.2, 0.25) is 0 Å². The summed E-state index contributed by atoms with van der Waals surface area (Å²) in [5, 5.41) is 0. The highest BCUT2D eigenvalue weighted by Gasteiger charge is 2.17. The third kappa shape index (κ3) is 7.03. The second-order valence-electron chi connectivity index (χ2n) is 3.70. The highest BCUT2D eigenvalue weighted by Crippen LogP contribution is 2.18. The molecular formula is C8H14O3. The van der Waals surface area contributed by atoms with E-state index in [2.05, 4.69) is 4.74 Å². The topological polar surface area (TPSA) is 43.4 Å². The molecule has 0 aliphatic rings. The molecule has 0 aliphatic heterocycles. The number of ether oxygens (including phenoxy) is 1. The van der Waals surface area contributed by atoms with Crippen LogP contribution in [-0.2, 0) is 14.3 Å². The van der Waals surface area contributed by atoms with Gasteiger partial charge < -0.3 is 4.74 Å². The number of hydrogen-bond acceptors (Lipinski definition) is 3. The third-order valence-electron chi connectivity index (χ3n) is 0.932. The number of hydrogen-bond donors (Lipinski definition) is 0. The first-order valence-electron chi connectivity index (χ1n) is 3.52. The molecule has 0 rings (SSSR count). The number of esters is 2. The standard InChI is InChI=1S/C8H14O3/c1-6(9)11-7(10)5-8(2,3)4/h5H2,1-4H3. The highest BCUT2D eigenvalue weighted by molar-refractivity contribution is 5.84. The Hall–Kier alpha value is -0.860. The summed E-state index contributed by atoms with van der Waals surface area (Å²) in [6.45, 7) is 6.96. The van der Waals surface area contributed by atoms with Crippen LogP contribution in [0.3, 0.4) is 0 Å². The van der Waals surface area contributed by atoms with Gasteiger partial charge in [-0.2, -0.15) is 0 Å². The van der Waals surface area contributed by atoms with E-state index < -0.39 is 11.9 Å². The van der Waals surface area contributed by atoms with E-state index in [0.29, 0.717) is 0 Å². The zero-order valence-corrected chi connectivity index (χ0v) is 7.43. The molecule has 11 heavy (non-hydrogen) atoms. The Labute approximate surface area is 66.7 Å². The van der Waals surface area contributed by atoms with Crippen molar-refractivity contribution in [3.8, 4) is 0 Å². The van der Waals surface area contributed by atoms with Crippen molar-refractivity contribution < 1.29 is 14.3 Å². The summed E-state index contributed by atoms with van der Waals surface area (Å²) in [6.07, 6.45) is 0.270. The van der Waals surface area contributed by atoms with Gasteiger partial charge in [-0.3, -0.25) is 9.59 Å². The molecule has 0 bridgehead atoms. The summed E-state index contributed by atoms with van der Waals surface area (Å²) in [5.74, 6) is -0.996. The smallest absolute Gasteiger partial charge is 0.313 e. The molecule has 0 amide bonds. The van der Waals surface area contributed by atoms with E-state index in [1.54, 1.807) is 0 Å². The van der Waals surface area contributed by atoms with Gasteiger partial charge in [0, 0.05) is 6.92 Å². The molecule has 0 saturated carbocycles. The zero-order chi connectivity index (χ0) is 9.07. The van der Waals surface area contributed by atoms with Crippen molar-refractivity contribution in [2.75, 3.05) is 0 Å². The molecular weight excluding hydrogens is 144 g/mol. The average Bonchev–Trinajstić information content (AvgIpc) is 1.53. The van der Waals surface area contributed by atoms with Crippen molar-refractivity contribution in [2.45, 2.75) is 34.1 Å². The Kier molecular flexibility index (Phi) is 3.23. The molecule has 0 N–H and O–H groups in total. The van der Waals surface area contributed by atoms with Gasteiger partial charge in [0.05, 0.1) is 6.42 Å². The molecule has 0 spiro atoms. The maximum absolute atomic E-state index is 10.8. The zero-order valence-electron chi connectivity index (χ0n) is 7.43. The Morgan fingerprint density at radius 3 is 2.00 bits per heavy atom. The minimum absolute atomic E-state index is 0.119. The first-order valence-corrected chi connectivity index (χ1v) is 3.52. The van der Waals surface area contributed by atoms with Crippen molar-refractivity contribution in [1.29, 1.82) is 0 Å². The molecule has 0 unspecified atom stereocenters. The van der Waals surface area contributed by atoms with Crippen molar-refractivity contribution in [1.82, 2.24) is 0 Å². The van der Waals surface area contributed by atoms with Gasteiger partial charge in [0.25, 0.3) is 0 Å². The van der Waals surface area contributed by atoms with Crippen LogP contribution in [0.25, 0.3) is 0 Å². The van der Waals surface area contributed by atoms with Gasteiger partial charge in [0.2, 0.25) is 0 Å². The van der Waals surface area contributed by atoms with E-state index in [1.165, 1.54) is 6.92 Å². The first-order chi connectivity index (χ1) is 4.81. The van der Waals surface area contributed by atoms with E-state index in [9.17, 15) is 9.59 Å². The Balaban J connectivity index is 3.80. The average molecular weight is 158 g/mol. The van der Waals surface area contributed by atoms with Crippen molar-refractivity contribution >= 4 is 11.9 Å². The summed E-state index contributed by atoms with van der Waals surface area (Å²) in [5.41, 5.74) is -0.119. The molecule has 0 atom stereocenters. The predicted octanol–water partition coefficient (Wildman–Crippen LogP) is 1.51. The van der Waals surface area contributed by atoms with Crippen LogP contribution in [0.5, 0.6) is 0 Å². The van der Waals surface area contributed by atoms with Crippen LogP contribution < -0.4 is 0 Å². The quantitative estimate of drug-likeness (QED) is 0.429. The summed E-state index contributed by atoms with van der Waals surface area (Å²) in [4.78, 5) is 21.1. The van der Waals surface area contributed by atoms with Crippen LogP contribution in [0.4, 0.5) is 0 Å². The lowest BCUT2D eigenvalue weighted by Crippen LogP contribution is -2.17. The van der Waals surface area contributed by atoms with E-state index in [4.69, 9.17) is 0 Å². The minimum Gasteiger partial charge on any atom is -0.393 e. The van der Waals surface area contributed by atoms with E-state index in [-0.39, 0.29) is 11.8 Å². The largest absolute Gasteiger partial charge is 0.393 e. The molecule has 0 heterocycles. The first kappa shape index (κ1) is 10.1. The third-order valence-corrected chi connectivity index (χ3v) is 0.932. The van der Waals surface area contributed by atoms with Gasteiger partial charge >= 0.3 is 11.9 Å². The van der Waals surface area contributed by atoms with Gasteiger partial charge in [0.15, 0.2) is 0 Å². The molecule has 0 aliphatic carbocycles. The van der Waals surface area contributed by atoms with Crippen LogP contribution in [-0.4, -0.2) is 11.9 Å². The number of rotatable bonds is 1. The molecule has 0 fully saturated rings. The van der Waals surface area contributed by atoms with Gasteiger partial charge in [-0.05, 0) is 5.41 Å². The fourth-order valence-corrected chi connectivity index (χ4v) is 0.629. The summed E-state index contributed by atoms with van der Waals surface area (Å²) >= 11 is 0. The van der Waals surface area contributed by atoms with Gasteiger partial charge in [0.1, 0.15) is 0 Å². The lowest BCUT2D eigenvalue weighted by Gasteiger charge is -2.15. The van der Waals surface area contributed by atoms with Gasteiger partial charge in [-0.1, -0.05) is 20.8 Å². The van der Waals surface area contributed by atoms with Gasteiger partial charge in [-0.15, -0.1) is 0 Å². The van der Waals surface area contributed by atoms with Crippen LogP contribution >= 0.6 is 0 Å². The fraction of sp³-hybridized carbons (Fsp3) is 0.750. The Bertz CT molecular complexity index is 165. The molecule has 3 heteroatoms. The summed E-state index contributed by atoms with van der Waals surface area (Å²) in [6, 6.07) is 0.